The molecule has 0 amide bonds. The number of nitrogens with zero attached hydrogens (tertiary/aromatic N) is 1. The van der Waals surface area contributed by atoms with Crippen LogP contribution in [0.5, 0.6) is 5.75 Å². The maximum atomic E-state index is 10.9. The minimum atomic E-state index is -0.187. The zero-order valence-electron chi connectivity index (χ0n) is 8.56. The van der Waals surface area contributed by atoms with Gasteiger partial charge in [-0.2, -0.15) is 5.10 Å². The Balaban J connectivity index is 2.07. The minimum Gasteiger partial charge on any atom is -0.493 e. The fourth-order valence-electron chi connectivity index (χ4n) is 1.85. The molecule has 4 heteroatoms. The maximum absolute atomic E-state index is 10.9. The lowest BCUT2D eigenvalue weighted by molar-refractivity contribution is 0.357. The number of aromatic nitrogens is 2. The van der Waals surface area contributed by atoms with Crippen LogP contribution in [0.4, 0.5) is 0 Å². The number of hydrogen-bond donors (Lipinski definition) is 1. The molecule has 0 unspecified atom stereocenters. The molecule has 1 aromatic carbocycles. The summed E-state index contributed by atoms with van der Waals surface area (Å²) in [5.74, 6) is 0.952. The van der Waals surface area contributed by atoms with Crippen molar-refractivity contribution in [2.75, 3.05) is 6.61 Å². The Morgan fingerprint density at radius 1 is 1.25 bits per heavy atom. The van der Waals surface area contributed by atoms with E-state index in [1.165, 1.54) is 11.6 Å². The van der Waals surface area contributed by atoms with Crippen LogP contribution >= 0.6 is 0 Å². The first-order valence-corrected chi connectivity index (χ1v) is 5.15. The third kappa shape index (κ3) is 1.48. The third-order valence-electron chi connectivity index (χ3n) is 2.66. The normalized spacial score (nSPS) is 13.2. The van der Waals surface area contributed by atoms with Crippen LogP contribution in [0.1, 0.15) is 5.56 Å². The highest BCUT2D eigenvalue weighted by molar-refractivity contribution is 5.61. The zero-order chi connectivity index (χ0) is 11.0. The standard InChI is InChI=1S/C12H10N2O2/c15-12-4-2-10(13-14-12)8-1-3-11-9(7-8)5-6-16-11/h1-4,7H,5-6H2,(H,14,15). The summed E-state index contributed by atoms with van der Waals surface area (Å²) in [6, 6.07) is 9.15. The molecule has 0 aliphatic carbocycles. The number of ether oxygens (including phenoxy) is 1. The van der Waals surface area contributed by atoms with Gasteiger partial charge in [-0.15, -0.1) is 0 Å². The summed E-state index contributed by atoms with van der Waals surface area (Å²) >= 11 is 0. The average molecular weight is 214 g/mol. The number of rotatable bonds is 1. The van der Waals surface area contributed by atoms with E-state index in [1.54, 1.807) is 6.07 Å². The van der Waals surface area contributed by atoms with E-state index < -0.39 is 0 Å². The van der Waals surface area contributed by atoms with Gasteiger partial charge in [0.25, 0.3) is 5.56 Å². The van der Waals surface area contributed by atoms with E-state index in [1.807, 2.05) is 12.1 Å². The van der Waals surface area contributed by atoms with Crippen molar-refractivity contribution < 1.29 is 4.74 Å². The number of H-pyrrole nitrogens is 1. The van der Waals surface area contributed by atoms with E-state index in [9.17, 15) is 4.79 Å². The Kier molecular flexibility index (Phi) is 1.99. The van der Waals surface area contributed by atoms with Gasteiger partial charge in [0.1, 0.15) is 5.75 Å². The first-order chi connectivity index (χ1) is 7.83. The summed E-state index contributed by atoms with van der Waals surface area (Å²) in [7, 11) is 0. The second-order valence-electron chi connectivity index (χ2n) is 3.73. The van der Waals surface area contributed by atoms with Crippen molar-refractivity contribution in [1.29, 1.82) is 0 Å². The van der Waals surface area contributed by atoms with Gasteiger partial charge in [0, 0.05) is 18.1 Å². The first kappa shape index (κ1) is 9.15. The van der Waals surface area contributed by atoms with Crippen molar-refractivity contribution in [2.24, 2.45) is 0 Å². The SMILES string of the molecule is O=c1ccc(-c2ccc3c(c2)CCO3)n[nH]1. The lowest BCUT2D eigenvalue weighted by Gasteiger charge is -2.02. The predicted octanol–water partition coefficient (Wildman–Crippen LogP) is 1.37. The highest BCUT2D eigenvalue weighted by Crippen LogP contribution is 2.29. The molecule has 1 aromatic heterocycles. The molecule has 0 bridgehead atoms. The van der Waals surface area contributed by atoms with Gasteiger partial charge in [0.2, 0.25) is 0 Å². The Bertz CT molecular complexity index is 569. The Morgan fingerprint density at radius 3 is 3.00 bits per heavy atom. The lowest BCUT2D eigenvalue weighted by atomic mass is 10.1. The van der Waals surface area contributed by atoms with Crippen LogP contribution in [0.25, 0.3) is 11.3 Å². The summed E-state index contributed by atoms with van der Waals surface area (Å²) in [4.78, 5) is 10.9. The van der Waals surface area contributed by atoms with Gasteiger partial charge in [-0.1, -0.05) is 0 Å². The van der Waals surface area contributed by atoms with E-state index >= 15 is 0 Å². The quantitative estimate of drug-likeness (QED) is 0.780. The highest BCUT2D eigenvalue weighted by atomic mass is 16.5. The van der Waals surface area contributed by atoms with Crippen LogP contribution in [0.3, 0.4) is 0 Å². The molecule has 0 saturated carbocycles. The molecule has 1 N–H and O–H groups in total. The summed E-state index contributed by atoms with van der Waals surface area (Å²) in [5, 5.41) is 6.42. The molecule has 16 heavy (non-hydrogen) atoms. The molecule has 3 rings (SSSR count). The van der Waals surface area contributed by atoms with Crippen LogP contribution in [-0.2, 0) is 6.42 Å². The predicted molar refractivity (Wildman–Crippen MR) is 59.5 cm³/mol. The molecule has 2 aromatic rings. The molecule has 0 fully saturated rings. The summed E-state index contributed by atoms with van der Waals surface area (Å²) in [6.07, 6.45) is 0.937. The van der Waals surface area contributed by atoms with Crippen molar-refractivity contribution >= 4 is 0 Å². The summed E-state index contributed by atoms with van der Waals surface area (Å²) in [5.41, 5.74) is 2.79. The molecule has 2 heterocycles. The van der Waals surface area contributed by atoms with E-state index in [-0.39, 0.29) is 5.56 Å². The average Bonchev–Trinajstić information content (AvgIpc) is 2.77. The lowest BCUT2D eigenvalue weighted by Crippen LogP contribution is -2.05. The first-order valence-electron chi connectivity index (χ1n) is 5.15. The molecule has 4 nitrogen and oxygen atoms in total. The number of aromatic amines is 1. The van der Waals surface area contributed by atoms with Gasteiger partial charge in [0.15, 0.2) is 0 Å². The van der Waals surface area contributed by atoms with Gasteiger partial charge in [-0.05, 0) is 29.8 Å². The van der Waals surface area contributed by atoms with E-state index in [0.29, 0.717) is 0 Å². The number of fused-ring (bicyclic) bond motifs is 1. The van der Waals surface area contributed by atoms with E-state index in [4.69, 9.17) is 4.74 Å². The zero-order valence-corrected chi connectivity index (χ0v) is 8.56. The van der Waals surface area contributed by atoms with Crippen LogP contribution in [0, 0.1) is 0 Å². The van der Waals surface area contributed by atoms with Crippen molar-refractivity contribution in [3.8, 4) is 17.0 Å². The highest BCUT2D eigenvalue weighted by Gasteiger charge is 2.12. The second-order valence-corrected chi connectivity index (χ2v) is 3.73. The van der Waals surface area contributed by atoms with Crippen molar-refractivity contribution in [3.63, 3.8) is 0 Å². The van der Waals surface area contributed by atoms with Crippen molar-refractivity contribution in [3.05, 3.63) is 46.2 Å². The molecule has 1 aliphatic rings. The van der Waals surface area contributed by atoms with Crippen molar-refractivity contribution in [1.82, 2.24) is 10.2 Å². The number of hydrogen-bond acceptors (Lipinski definition) is 3. The second kappa shape index (κ2) is 3.48. The van der Waals surface area contributed by atoms with Gasteiger partial charge < -0.3 is 4.74 Å². The smallest absolute Gasteiger partial charge is 0.264 e. The van der Waals surface area contributed by atoms with Crippen LogP contribution < -0.4 is 10.3 Å². The molecule has 1 aliphatic heterocycles. The van der Waals surface area contributed by atoms with Gasteiger partial charge in [-0.25, -0.2) is 5.10 Å². The third-order valence-corrected chi connectivity index (χ3v) is 2.66. The van der Waals surface area contributed by atoms with E-state index in [2.05, 4.69) is 16.3 Å². The van der Waals surface area contributed by atoms with Gasteiger partial charge >= 0.3 is 0 Å². The topological polar surface area (TPSA) is 55.0 Å². The molecule has 0 radical (unpaired) electrons. The Morgan fingerprint density at radius 2 is 2.19 bits per heavy atom. The maximum Gasteiger partial charge on any atom is 0.264 e. The van der Waals surface area contributed by atoms with Gasteiger partial charge in [-0.3, -0.25) is 4.79 Å². The van der Waals surface area contributed by atoms with Crippen LogP contribution in [0.15, 0.2) is 35.1 Å². The Hall–Kier alpha value is -2.10. The summed E-state index contributed by atoms with van der Waals surface area (Å²) in [6.45, 7) is 0.748. The number of nitrogens with one attached hydrogen (secondary N) is 1. The molecule has 0 spiro atoms. The van der Waals surface area contributed by atoms with Crippen LogP contribution in [-0.4, -0.2) is 16.8 Å². The molecular formula is C12H10N2O2. The fraction of sp³-hybridized carbons (Fsp3) is 0.167. The summed E-state index contributed by atoms with van der Waals surface area (Å²) < 4.78 is 5.43. The monoisotopic (exact) mass is 214 g/mol. The molecule has 80 valence electrons. The largest absolute Gasteiger partial charge is 0.493 e. The fourth-order valence-corrected chi connectivity index (χ4v) is 1.85. The minimum absolute atomic E-state index is 0.187. The number of benzene rings is 1. The molecular weight excluding hydrogens is 204 g/mol. The molecule has 0 saturated heterocycles. The molecule has 0 atom stereocenters. The van der Waals surface area contributed by atoms with Crippen molar-refractivity contribution in [2.45, 2.75) is 6.42 Å². The van der Waals surface area contributed by atoms with Crippen LogP contribution in [0.2, 0.25) is 0 Å². The van der Waals surface area contributed by atoms with E-state index in [0.717, 1.165) is 30.0 Å². The Labute approximate surface area is 91.9 Å². The van der Waals surface area contributed by atoms with Gasteiger partial charge in [0.05, 0.1) is 12.3 Å².